The molecule has 1 aromatic carbocycles. The third kappa shape index (κ3) is 2.23. The highest BCUT2D eigenvalue weighted by molar-refractivity contribution is 5.99. The molecule has 2 aliphatic rings. The summed E-state index contributed by atoms with van der Waals surface area (Å²) in [6.07, 6.45) is 3.96. The molecule has 2 N–H and O–H groups in total. The number of carbonyl (C=O) groups excluding carboxylic acids is 1. The Labute approximate surface area is 119 Å². The number of nitrogens with two attached hydrogens (primary N) is 1. The predicted octanol–water partition coefficient (Wildman–Crippen LogP) is 2.68. The van der Waals surface area contributed by atoms with Gasteiger partial charge in [-0.05, 0) is 43.7 Å². The standard InChI is InChI=1S/C16H22N2O2/c1-2-20-16(19)13-7-4-8-14(17)15(13)18-9-11-5-3-6-12(11)10-18/h4,7-8,11-12H,2-3,5-6,9-10,17H2,1H3. The monoisotopic (exact) mass is 274 g/mol. The predicted molar refractivity (Wildman–Crippen MR) is 79.9 cm³/mol. The van der Waals surface area contributed by atoms with E-state index in [0.29, 0.717) is 17.9 Å². The molecule has 1 heterocycles. The first kappa shape index (κ1) is 13.3. The minimum absolute atomic E-state index is 0.271. The van der Waals surface area contributed by atoms with Gasteiger partial charge in [0.2, 0.25) is 0 Å². The highest BCUT2D eigenvalue weighted by atomic mass is 16.5. The number of carbonyl (C=O) groups is 1. The van der Waals surface area contributed by atoms with Gasteiger partial charge in [-0.3, -0.25) is 0 Å². The van der Waals surface area contributed by atoms with E-state index in [1.807, 2.05) is 25.1 Å². The molecule has 2 fully saturated rings. The second-order valence-electron chi connectivity index (χ2n) is 5.82. The molecular formula is C16H22N2O2. The molecule has 108 valence electrons. The Hall–Kier alpha value is -1.71. The number of hydrogen-bond acceptors (Lipinski definition) is 4. The van der Waals surface area contributed by atoms with E-state index in [-0.39, 0.29) is 5.97 Å². The van der Waals surface area contributed by atoms with E-state index in [9.17, 15) is 4.79 Å². The van der Waals surface area contributed by atoms with Gasteiger partial charge in [-0.2, -0.15) is 0 Å². The van der Waals surface area contributed by atoms with E-state index in [1.165, 1.54) is 19.3 Å². The molecule has 0 radical (unpaired) electrons. The molecule has 0 aromatic heterocycles. The van der Waals surface area contributed by atoms with Gasteiger partial charge in [0.1, 0.15) is 0 Å². The van der Waals surface area contributed by atoms with Crippen molar-refractivity contribution in [3.05, 3.63) is 23.8 Å². The lowest BCUT2D eigenvalue weighted by molar-refractivity contribution is 0.0527. The van der Waals surface area contributed by atoms with Crippen LogP contribution in [0.2, 0.25) is 0 Å². The van der Waals surface area contributed by atoms with Crippen molar-refractivity contribution in [3.8, 4) is 0 Å². The van der Waals surface area contributed by atoms with Crippen LogP contribution in [0.5, 0.6) is 0 Å². The van der Waals surface area contributed by atoms with E-state index in [2.05, 4.69) is 4.90 Å². The molecule has 0 bridgehead atoms. The Morgan fingerprint density at radius 1 is 1.35 bits per heavy atom. The number of benzene rings is 1. The first-order valence-corrected chi connectivity index (χ1v) is 7.51. The van der Waals surface area contributed by atoms with Crippen molar-refractivity contribution >= 4 is 17.3 Å². The van der Waals surface area contributed by atoms with Gasteiger partial charge in [0.15, 0.2) is 0 Å². The SMILES string of the molecule is CCOC(=O)c1cccc(N)c1N1CC2CCCC2C1. The maximum Gasteiger partial charge on any atom is 0.340 e. The van der Waals surface area contributed by atoms with Crippen molar-refractivity contribution in [1.29, 1.82) is 0 Å². The Morgan fingerprint density at radius 2 is 2.05 bits per heavy atom. The third-order valence-corrected chi connectivity index (χ3v) is 4.61. The second kappa shape index (κ2) is 5.35. The fourth-order valence-corrected chi connectivity index (χ4v) is 3.71. The summed E-state index contributed by atoms with van der Waals surface area (Å²) in [7, 11) is 0. The van der Waals surface area contributed by atoms with Crippen LogP contribution in [0.15, 0.2) is 18.2 Å². The van der Waals surface area contributed by atoms with Crippen LogP contribution in [0.4, 0.5) is 11.4 Å². The minimum Gasteiger partial charge on any atom is -0.462 e. The molecule has 1 aliphatic carbocycles. The second-order valence-corrected chi connectivity index (χ2v) is 5.82. The zero-order chi connectivity index (χ0) is 14.1. The number of hydrogen-bond donors (Lipinski definition) is 1. The summed E-state index contributed by atoms with van der Waals surface area (Å²) in [5.41, 5.74) is 8.29. The van der Waals surface area contributed by atoms with Gasteiger partial charge in [-0.25, -0.2) is 4.79 Å². The van der Waals surface area contributed by atoms with E-state index in [0.717, 1.165) is 30.6 Å². The summed E-state index contributed by atoms with van der Waals surface area (Å²) >= 11 is 0. The molecule has 1 aromatic rings. The Morgan fingerprint density at radius 3 is 2.70 bits per heavy atom. The van der Waals surface area contributed by atoms with Crippen LogP contribution in [-0.4, -0.2) is 25.7 Å². The molecule has 2 unspecified atom stereocenters. The molecule has 1 saturated carbocycles. The Bertz CT molecular complexity index is 503. The maximum atomic E-state index is 12.1. The van der Waals surface area contributed by atoms with Crippen LogP contribution < -0.4 is 10.6 Å². The lowest BCUT2D eigenvalue weighted by Crippen LogP contribution is -2.25. The van der Waals surface area contributed by atoms with Gasteiger partial charge >= 0.3 is 5.97 Å². The molecule has 0 spiro atoms. The zero-order valence-corrected chi connectivity index (χ0v) is 12.0. The molecule has 4 heteroatoms. The van der Waals surface area contributed by atoms with Crippen LogP contribution >= 0.6 is 0 Å². The summed E-state index contributed by atoms with van der Waals surface area (Å²) < 4.78 is 5.16. The minimum atomic E-state index is -0.271. The molecule has 1 aliphatic heterocycles. The van der Waals surface area contributed by atoms with Crippen LogP contribution in [0, 0.1) is 11.8 Å². The number of nitrogen functional groups attached to an aromatic ring is 1. The van der Waals surface area contributed by atoms with Crippen molar-refractivity contribution in [3.63, 3.8) is 0 Å². The molecular weight excluding hydrogens is 252 g/mol. The number of nitrogens with zero attached hydrogens (tertiary/aromatic N) is 1. The molecule has 2 atom stereocenters. The number of anilines is 2. The molecule has 1 saturated heterocycles. The van der Waals surface area contributed by atoms with Crippen LogP contribution in [0.25, 0.3) is 0 Å². The lowest BCUT2D eigenvalue weighted by atomic mass is 10.0. The van der Waals surface area contributed by atoms with Gasteiger partial charge < -0.3 is 15.4 Å². The normalized spacial score (nSPS) is 24.8. The fourth-order valence-electron chi connectivity index (χ4n) is 3.71. The van der Waals surface area contributed by atoms with Gasteiger partial charge in [0, 0.05) is 13.1 Å². The highest BCUT2D eigenvalue weighted by Crippen LogP contribution is 2.42. The van der Waals surface area contributed by atoms with Gasteiger partial charge in [0.05, 0.1) is 23.5 Å². The number of rotatable bonds is 3. The summed E-state index contributed by atoms with van der Waals surface area (Å²) in [5, 5.41) is 0. The Kier molecular flexibility index (Phi) is 3.55. The topological polar surface area (TPSA) is 55.6 Å². The van der Waals surface area contributed by atoms with Crippen molar-refractivity contribution in [2.75, 3.05) is 30.3 Å². The van der Waals surface area contributed by atoms with Crippen molar-refractivity contribution in [2.24, 2.45) is 11.8 Å². The fraction of sp³-hybridized carbons (Fsp3) is 0.562. The lowest BCUT2D eigenvalue weighted by Gasteiger charge is -2.24. The van der Waals surface area contributed by atoms with E-state index in [1.54, 1.807) is 0 Å². The number of esters is 1. The maximum absolute atomic E-state index is 12.1. The molecule has 20 heavy (non-hydrogen) atoms. The van der Waals surface area contributed by atoms with Crippen LogP contribution in [-0.2, 0) is 4.74 Å². The molecule has 4 nitrogen and oxygen atoms in total. The zero-order valence-electron chi connectivity index (χ0n) is 12.0. The number of ether oxygens (including phenoxy) is 1. The summed E-state index contributed by atoms with van der Waals surface area (Å²) in [6.45, 7) is 4.25. The van der Waals surface area contributed by atoms with Crippen molar-refractivity contribution < 1.29 is 9.53 Å². The quantitative estimate of drug-likeness (QED) is 0.680. The Balaban J connectivity index is 1.90. The largest absolute Gasteiger partial charge is 0.462 e. The van der Waals surface area contributed by atoms with Crippen molar-refractivity contribution in [1.82, 2.24) is 0 Å². The van der Waals surface area contributed by atoms with Gasteiger partial charge in [0.25, 0.3) is 0 Å². The van der Waals surface area contributed by atoms with Crippen molar-refractivity contribution in [2.45, 2.75) is 26.2 Å². The van der Waals surface area contributed by atoms with E-state index < -0.39 is 0 Å². The number of fused-ring (bicyclic) bond motifs is 1. The smallest absolute Gasteiger partial charge is 0.340 e. The first-order valence-electron chi connectivity index (χ1n) is 7.51. The number of para-hydroxylation sites is 1. The van der Waals surface area contributed by atoms with E-state index in [4.69, 9.17) is 10.5 Å². The average molecular weight is 274 g/mol. The molecule has 0 amide bonds. The van der Waals surface area contributed by atoms with Gasteiger partial charge in [-0.1, -0.05) is 12.5 Å². The molecule has 3 rings (SSSR count). The van der Waals surface area contributed by atoms with Gasteiger partial charge in [-0.15, -0.1) is 0 Å². The highest BCUT2D eigenvalue weighted by Gasteiger charge is 2.37. The van der Waals surface area contributed by atoms with Crippen LogP contribution in [0.3, 0.4) is 0 Å². The first-order chi connectivity index (χ1) is 9.70. The van der Waals surface area contributed by atoms with E-state index >= 15 is 0 Å². The summed E-state index contributed by atoms with van der Waals surface area (Å²) in [5.74, 6) is 1.26. The van der Waals surface area contributed by atoms with Crippen LogP contribution in [0.1, 0.15) is 36.5 Å². The average Bonchev–Trinajstić information content (AvgIpc) is 2.99. The third-order valence-electron chi connectivity index (χ3n) is 4.61. The summed E-state index contributed by atoms with van der Waals surface area (Å²) in [4.78, 5) is 14.4. The summed E-state index contributed by atoms with van der Waals surface area (Å²) in [6, 6.07) is 5.51.